The van der Waals surface area contributed by atoms with Crippen LogP contribution in [0.1, 0.15) is 10.4 Å². The van der Waals surface area contributed by atoms with E-state index >= 15 is 0 Å². The highest BCUT2D eigenvalue weighted by atomic mass is 35.5. The molecular formula is C24H18ClFN6OS. The average molecular weight is 493 g/mol. The van der Waals surface area contributed by atoms with Crippen LogP contribution in [0.5, 0.6) is 0 Å². The number of nitrogens with zero attached hydrogens (tertiary/aromatic N) is 6. The van der Waals surface area contributed by atoms with Gasteiger partial charge in [-0.2, -0.15) is 0 Å². The Kier molecular flexibility index (Phi) is 5.15. The Morgan fingerprint density at radius 3 is 2.62 bits per heavy atom. The molecule has 0 N–H and O–H groups in total. The van der Waals surface area contributed by atoms with Gasteiger partial charge in [-0.05, 0) is 47.8 Å². The van der Waals surface area contributed by atoms with Crippen molar-refractivity contribution in [3.63, 3.8) is 0 Å². The number of piperazine rings is 1. The lowest BCUT2D eigenvalue weighted by atomic mass is 10.1. The Balaban J connectivity index is 1.38. The topological polar surface area (TPSA) is 66.6 Å². The second kappa shape index (κ2) is 8.34. The normalized spacial score (nSPS) is 14.3. The third kappa shape index (κ3) is 3.57. The summed E-state index contributed by atoms with van der Waals surface area (Å²) in [5.41, 5.74) is 1.80. The predicted molar refractivity (Wildman–Crippen MR) is 131 cm³/mol. The van der Waals surface area contributed by atoms with Gasteiger partial charge in [0.1, 0.15) is 5.82 Å². The smallest absolute Gasteiger partial charge is 0.254 e. The molecule has 6 rings (SSSR count). The third-order valence-corrected chi connectivity index (χ3v) is 7.05. The summed E-state index contributed by atoms with van der Waals surface area (Å²) in [7, 11) is 0. The summed E-state index contributed by atoms with van der Waals surface area (Å²) in [5, 5.41) is 12.4. The van der Waals surface area contributed by atoms with Crippen LogP contribution in [0.25, 0.3) is 27.3 Å². The first kappa shape index (κ1) is 21.0. The fourth-order valence-corrected chi connectivity index (χ4v) is 5.15. The highest BCUT2D eigenvalue weighted by Crippen LogP contribution is 2.31. The fraction of sp³-hybridized carbons (Fsp3) is 0.167. The second-order valence-electron chi connectivity index (χ2n) is 8.02. The van der Waals surface area contributed by atoms with Crippen molar-refractivity contribution >= 4 is 51.3 Å². The molecule has 2 aromatic carbocycles. The molecular weight excluding hydrogens is 475 g/mol. The minimum absolute atomic E-state index is 0.175. The minimum atomic E-state index is -0.417. The van der Waals surface area contributed by atoms with Crippen molar-refractivity contribution < 1.29 is 9.18 Å². The number of fused-ring (bicyclic) bond motifs is 3. The van der Waals surface area contributed by atoms with Crippen LogP contribution in [-0.4, -0.2) is 56.6 Å². The molecule has 5 aromatic rings. The average Bonchev–Trinajstić information content (AvgIpc) is 3.53. The van der Waals surface area contributed by atoms with E-state index in [2.05, 4.69) is 15.1 Å². The van der Waals surface area contributed by atoms with E-state index in [-0.39, 0.29) is 5.91 Å². The second-order valence-corrected chi connectivity index (χ2v) is 9.41. The number of benzene rings is 2. The van der Waals surface area contributed by atoms with Gasteiger partial charge in [-0.25, -0.2) is 13.8 Å². The van der Waals surface area contributed by atoms with E-state index in [9.17, 15) is 9.18 Å². The number of carbonyl (C=O) groups excluding carboxylic acids is 1. The summed E-state index contributed by atoms with van der Waals surface area (Å²) in [6.07, 6.45) is 0. The summed E-state index contributed by atoms with van der Waals surface area (Å²) < 4.78 is 15.6. The molecule has 34 heavy (non-hydrogen) atoms. The van der Waals surface area contributed by atoms with Gasteiger partial charge in [-0.1, -0.05) is 23.7 Å². The third-order valence-electron chi connectivity index (χ3n) is 5.95. The Morgan fingerprint density at radius 1 is 1.00 bits per heavy atom. The lowest BCUT2D eigenvalue weighted by molar-refractivity contribution is 0.0745. The van der Waals surface area contributed by atoms with Gasteiger partial charge in [0.2, 0.25) is 5.95 Å². The SMILES string of the molecule is O=C(c1cccc(F)c1)N1CCN(c2nc3cc(Cl)ccc3c3nnc(-c4cccs4)n23)CC1. The zero-order chi connectivity index (χ0) is 23.2. The predicted octanol–water partition coefficient (Wildman–Crippen LogP) is 4.76. The Hall–Kier alpha value is -3.56. The van der Waals surface area contributed by atoms with E-state index < -0.39 is 5.82 Å². The highest BCUT2D eigenvalue weighted by Gasteiger charge is 2.27. The molecule has 10 heteroatoms. The molecule has 0 spiro atoms. The van der Waals surface area contributed by atoms with Gasteiger partial charge in [0.25, 0.3) is 5.91 Å². The molecule has 7 nitrogen and oxygen atoms in total. The van der Waals surface area contributed by atoms with Crippen LogP contribution in [-0.2, 0) is 0 Å². The van der Waals surface area contributed by atoms with Crippen molar-refractivity contribution in [2.45, 2.75) is 0 Å². The van der Waals surface area contributed by atoms with Crippen LogP contribution < -0.4 is 4.90 Å². The molecule has 0 aliphatic carbocycles. The van der Waals surface area contributed by atoms with Crippen molar-refractivity contribution in [2.24, 2.45) is 0 Å². The number of rotatable bonds is 3. The lowest BCUT2D eigenvalue weighted by Gasteiger charge is -2.35. The van der Waals surface area contributed by atoms with E-state index in [1.165, 1.54) is 12.1 Å². The molecule has 1 aliphatic rings. The first-order valence-electron chi connectivity index (χ1n) is 10.8. The Labute approximate surface area is 203 Å². The van der Waals surface area contributed by atoms with Gasteiger partial charge in [-0.3, -0.25) is 4.79 Å². The molecule has 0 bridgehead atoms. The summed E-state index contributed by atoms with van der Waals surface area (Å²) in [5.74, 6) is 0.837. The molecule has 1 saturated heterocycles. The molecule has 3 aromatic heterocycles. The molecule has 1 amide bonds. The van der Waals surface area contributed by atoms with Crippen molar-refractivity contribution in [1.82, 2.24) is 24.5 Å². The lowest BCUT2D eigenvalue weighted by Crippen LogP contribution is -2.49. The molecule has 0 unspecified atom stereocenters. The van der Waals surface area contributed by atoms with E-state index in [4.69, 9.17) is 16.6 Å². The number of hydrogen-bond donors (Lipinski definition) is 0. The number of carbonyl (C=O) groups is 1. The molecule has 4 heterocycles. The number of thiophene rings is 1. The molecule has 1 aliphatic heterocycles. The Morgan fingerprint density at radius 2 is 1.85 bits per heavy atom. The molecule has 0 radical (unpaired) electrons. The maximum absolute atomic E-state index is 13.6. The summed E-state index contributed by atoms with van der Waals surface area (Å²) in [6, 6.07) is 15.3. The molecule has 1 fully saturated rings. The van der Waals surface area contributed by atoms with E-state index in [0.717, 1.165) is 21.6 Å². The number of amides is 1. The molecule has 0 saturated carbocycles. The molecule has 0 atom stereocenters. The van der Waals surface area contributed by atoms with Gasteiger partial charge >= 0.3 is 0 Å². The van der Waals surface area contributed by atoms with E-state index in [1.54, 1.807) is 28.4 Å². The van der Waals surface area contributed by atoms with Crippen molar-refractivity contribution in [3.05, 3.63) is 76.4 Å². The number of anilines is 1. The van der Waals surface area contributed by atoms with E-state index in [1.807, 2.05) is 40.1 Å². The summed E-state index contributed by atoms with van der Waals surface area (Å²) >= 11 is 7.84. The van der Waals surface area contributed by atoms with Gasteiger partial charge in [0.05, 0.1) is 10.4 Å². The van der Waals surface area contributed by atoms with Crippen LogP contribution in [0.4, 0.5) is 10.3 Å². The van der Waals surface area contributed by atoms with Crippen molar-refractivity contribution in [2.75, 3.05) is 31.1 Å². The first-order chi connectivity index (χ1) is 16.6. The van der Waals surface area contributed by atoms with Gasteiger partial charge in [0, 0.05) is 42.2 Å². The standard InChI is InChI=1S/C24H18ClFN6OS/c25-16-6-7-18-19(14-16)27-24(32-21(18)28-29-22(32)20-5-2-12-34-20)31-10-8-30(9-11-31)23(33)15-3-1-4-17(26)13-15/h1-7,12-14H,8-11H2. The van der Waals surface area contributed by atoms with Gasteiger partial charge in [0.15, 0.2) is 11.5 Å². The summed E-state index contributed by atoms with van der Waals surface area (Å²) in [4.78, 5) is 22.7. The monoisotopic (exact) mass is 492 g/mol. The van der Waals surface area contributed by atoms with E-state index in [0.29, 0.717) is 48.4 Å². The van der Waals surface area contributed by atoms with Crippen LogP contribution in [0.2, 0.25) is 5.02 Å². The zero-order valence-corrected chi connectivity index (χ0v) is 19.4. The highest BCUT2D eigenvalue weighted by molar-refractivity contribution is 7.13. The van der Waals surface area contributed by atoms with Crippen molar-refractivity contribution in [1.29, 1.82) is 0 Å². The van der Waals surface area contributed by atoms with Gasteiger partial charge < -0.3 is 9.80 Å². The fourth-order valence-electron chi connectivity index (χ4n) is 4.28. The van der Waals surface area contributed by atoms with Crippen LogP contribution >= 0.6 is 22.9 Å². The quantitative estimate of drug-likeness (QED) is 0.363. The Bertz CT molecular complexity index is 1530. The first-order valence-corrected chi connectivity index (χ1v) is 12.0. The number of halogens is 2. The minimum Gasteiger partial charge on any atom is -0.338 e. The number of hydrogen-bond acceptors (Lipinski definition) is 6. The maximum atomic E-state index is 13.6. The molecule has 170 valence electrons. The van der Waals surface area contributed by atoms with Crippen LogP contribution in [0, 0.1) is 5.82 Å². The van der Waals surface area contributed by atoms with Crippen LogP contribution in [0.15, 0.2) is 60.0 Å². The largest absolute Gasteiger partial charge is 0.338 e. The van der Waals surface area contributed by atoms with Crippen LogP contribution in [0.3, 0.4) is 0 Å². The number of aromatic nitrogens is 4. The zero-order valence-electron chi connectivity index (χ0n) is 17.9. The maximum Gasteiger partial charge on any atom is 0.254 e. The van der Waals surface area contributed by atoms with Crippen molar-refractivity contribution in [3.8, 4) is 10.7 Å². The summed E-state index contributed by atoms with van der Waals surface area (Å²) in [6.45, 7) is 2.11. The van der Waals surface area contributed by atoms with Gasteiger partial charge in [-0.15, -0.1) is 21.5 Å².